The first kappa shape index (κ1) is 11.2. The number of aryl methyl sites for hydroxylation is 1. The van der Waals surface area contributed by atoms with E-state index in [1.165, 1.54) is 0 Å². The van der Waals surface area contributed by atoms with Gasteiger partial charge in [0.05, 0.1) is 0 Å². The average molecular weight is 244 g/mol. The zero-order valence-electron chi connectivity index (χ0n) is 8.86. The lowest BCUT2D eigenvalue weighted by molar-refractivity contribution is 0.474. The van der Waals surface area contributed by atoms with Gasteiger partial charge in [-0.3, -0.25) is 4.21 Å². The van der Waals surface area contributed by atoms with Crippen LogP contribution >= 0.6 is 11.3 Å². The number of rotatable bonds is 3. The normalized spacial score (nSPS) is 26.7. The second-order valence-electron chi connectivity index (χ2n) is 3.89. The van der Waals surface area contributed by atoms with Gasteiger partial charge in [-0.2, -0.15) is 0 Å². The van der Waals surface area contributed by atoms with Gasteiger partial charge in [0.1, 0.15) is 5.01 Å². The lowest BCUT2D eigenvalue weighted by Gasteiger charge is -2.21. The van der Waals surface area contributed by atoms with Crippen LogP contribution in [0.1, 0.15) is 23.5 Å². The Hall–Kier alpha value is -0.260. The predicted molar refractivity (Wildman–Crippen MR) is 64.6 cm³/mol. The minimum atomic E-state index is -0.558. The number of hydrogen-bond acceptors (Lipinski definition) is 4. The Labute approximate surface area is 96.8 Å². The summed E-state index contributed by atoms with van der Waals surface area (Å²) in [4.78, 5) is 4.41. The third-order valence-corrected chi connectivity index (χ3v) is 4.95. The van der Waals surface area contributed by atoms with Gasteiger partial charge in [-0.1, -0.05) is 0 Å². The van der Waals surface area contributed by atoms with Crippen LogP contribution in [0.5, 0.6) is 0 Å². The first-order valence-corrected chi connectivity index (χ1v) is 7.60. The molecule has 2 rings (SSSR count). The minimum Gasteiger partial charge on any atom is -0.308 e. The standard InChI is InChI=1S/C10H16N2OS2/c1-8-7-14-10(12-8)6-11-9-2-4-15(13)5-3-9/h7,9,11H,2-6H2,1H3. The van der Waals surface area contributed by atoms with Crippen molar-refractivity contribution in [1.29, 1.82) is 0 Å². The first-order valence-electron chi connectivity index (χ1n) is 5.23. The minimum absolute atomic E-state index is 0.534. The van der Waals surface area contributed by atoms with Crippen molar-refractivity contribution < 1.29 is 4.21 Å². The summed E-state index contributed by atoms with van der Waals surface area (Å²) in [5.74, 6) is 1.71. The quantitative estimate of drug-likeness (QED) is 0.875. The van der Waals surface area contributed by atoms with E-state index in [0.717, 1.165) is 41.6 Å². The van der Waals surface area contributed by atoms with Crippen LogP contribution < -0.4 is 5.32 Å². The maximum Gasteiger partial charge on any atom is 0.107 e. The summed E-state index contributed by atoms with van der Waals surface area (Å²) in [6.45, 7) is 2.87. The molecule has 0 amide bonds. The Morgan fingerprint density at radius 2 is 2.33 bits per heavy atom. The lowest BCUT2D eigenvalue weighted by Crippen LogP contribution is -2.35. The van der Waals surface area contributed by atoms with Crippen LogP contribution in [0.3, 0.4) is 0 Å². The topological polar surface area (TPSA) is 42.0 Å². The van der Waals surface area contributed by atoms with Gasteiger partial charge in [0.2, 0.25) is 0 Å². The highest BCUT2D eigenvalue weighted by molar-refractivity contribution is 7.85. The maximum atomic E-state index is 11.2. The number of nitrogens with zero attached hydrogens (tertiary/aromatic N) is 1. The van der Waals surface area contributed by atoms with Crippen LogP contribution in [0.4, 0.5) is 0 Å². The molecule has 0 unspecified atom stereocenters. The van der Waals surface area contributed by atoms with E-state index in [4.69, 9.17) is 0 Å². The van der Waals surface area contributed by atoms with Crippen LogP contribution in [0, 0.1) is 6.92 Å². The molecule has 1 fully saturated rings. The largest absolute Gasteiger partial charge is 0.308 e. The second-order valence-corrected chi connectivity index (χ2v) is 6.52. The number of nitrogens with one attached hydrogen (secondary N) is 1. The van der Waals surface area contributed by atoms with Gasteiger partial charge in [-0.15, -0.1) is 11.3 Å². The molecule has 0 aromatic carbocycles. The van der Waals surface area contributed by atoms with E-state index < -0.39 is 10.8 Å². The van der Waals surface area contributed by atoms with Gasteiger partial charge < -0.3 is 5.32 Å². The van der Waals surface area contributed by atoms with Gasteiger partial charge in [0.25, 0.3) is 0 Å². The van der Waals surface area contributed by atoms with E-state index in [2.05, 4.69) is 15.7 Å². The van der Waals surface area contributed by atoms with E-state index in [1.54, 1.807) is 11.3 Å². The molecule has 15 heavy (non-hydrogen) atoms. The summed E-state index contributed by atoms with van der Waals surface area (Å²) < 4.78 is 11.2. The Bertz CT molecular complexity index is 341. The van der Waals surface area contributed by atoms with E-state index in [9.17, 15) is 4.21 Å². The van der Waals surface area contributed by atoms with Crippen molar-refractivity contribution >= 4 is 22.1 Å². The highest BCUT2D eigenvalue weighted by Gasteiger charge is 2.17. The first-order chi connectivity index (χ1) is 7.24. The van der Waals surface area contributed by atoms with Crippen molar-refractivity contribution in [1.82, 2.24) is 10.3 Å². The Morgan fingerprint density at radius 1 is 1.60 bits per heavy atom. The van der Waals surface area contributed by atoms with Gasteiger partial charge in [0.15, 0.2) is 0 Å². The SMILES string of the molecule is Cc1csc(CNC2CCS(=O)CC2)n1. The molecule has 1 aromatic rings. The Balaban J connectivity index is 1.76. The molecule has 1 aromatic heterocycles. The van der Waals surface area contributed by atoms with Crippen molar-refractivity contribution in [3.8, 4) is 0 Å². The highest BCUT2D eigenvalue weighted by atomic mass is 32.2. The molecule has 0 spiro atoms. The van der Waals surface area contributed by atoms with Crippen molar-refractivity contribution in [3.05, 3.63) is 16.1 Å². The fraction of sp³-hybridized carbons (Fsp3) is 0.700. The molecule has 2 heterocycles. The Morgan fingerprint density at radius 3 is 2.93 bits per heavy atom. The van der Waals surface area contributed by atoms with Crippen LogP contribution in [-0.2, 0) is 17.3 Å². The van der Waals surface area contributed by atoms with Crippen molar-refractivity contribution in [2.24, 2.45) is 0 Å². The van der Waals surface area contributed by atoms with E-state index in [-0.39, 0.29) is 0 Å². The molecule has 5 heteroatoms. The fourth-order valence-electron chi connectivity index (χ4n) is 1.71. The second kappa shape index (κ2) is 5.18. The summed E-state index contributed by atoms with van der Waals surface area (Å²) >= 11 is 1.71. The van der Waals surface area contributed by atoms with Crippen LogP contribution in [0.25, 0.3) is 0 Å². The van der Waals surface area contributed by atoms with Crippen molar-refractivity contribution in [2.75, 3.05) is 11.5 Å². The zero-order chi connectivity index (χ0) is 10.7. The fourth-order valence-corrected chi connectivity index (χ4v) is 3.74. The van der Waals surface area contributed by atoms with Crippen molar-refractivity contribution in [2.45, 2.75) is 32.4 Å². The van der Waals surface area contributed by atoms with Gasteiger partial charge in [-0.05, 0) is 19.8 Å². The number of thiazole rings is 1. The lowest BCUT2D eigenvalue weighted by atomic mass is 10.1. The van der Waals surface area contributed by atoms with Crippen LogP contribution in [0.2, 0.25) is 0 Å². The summed E-state index contributed by atoms with van der Waals surface area (Å²) in [6, 6.07) is 0.534. The molecule has 0 aliphatic carbocycles. The van der Waals surface area contributed by atoms with Gasteiger partial charge in [-0.25, -0.2) is 4.98 Å². The predicted octanol–water partition coefficient (Wildman–Crippen LogP) is 1.45. The van der Waals surface area contributed by atoms with Gasteiger partial charge >= 0.3 is 0 Å². The molecular weight excluding hydrogens is 228 g/mol. The third-order valence-electron chi connectivity index (χ3n) is 2.60. The molecule has 1 aliphatic rings. The third kappa shape index (κ3) is 3.36. The van der Waals surface area contributed by atoms with Crippen LogP contribution in [0.15, 0.2) is 5.38 Å². The number of aromatic nitrogens is 1. The van der Waals surface area contributed by atoms with E-state index in [1.807, 2.05) is 6.92 Å². The number of hydrogen-bond donors (Lipinski definition) is 1. The molecule has 0 bridgehead atoms. The summed E-state index contributed by atoms with van der Waals surface area (Å²) in [6.07, 6.45) is 2.08. The molecule has 0 atom stereocenters. The molecule has 0 radical (unpaired) electrons. The monoisotopic (exact) mass is 244 g/mol. The molecule has 1 N–H and O–H groups in total. The molecule has 3 nitrogen and oxygen atoms in total. The highest BCUT2D eigenvalue weighted by Crippen LogP contribution is 2.12. The molecule has 1 aliphatic heterocycles. The Kier molecular flexibility index (Phi) is 3.88. The summed E-state index contributed by atoms with van der Waals surface area (Å²) in [5, 5.41) is 6.71. The van der Waals surface area contributed by atoms with Gasteiger partial charge in [0, 0.05) is 46.0 Å². The smallest absolute Gasteiger partial charge is 0.107 e. The van der Waals surface area contributed by atoms with Crippen LogP contribution in [-0.4, -0.2) is 26.7 Å². The molecular formula is C10H16N2OS2. The molecule has 0 saturated carbocycles. The zero-order valence-corrected chi connectivity index (χ0v) is 10.5. The van der Waals surface area contributed by atoms with Crippen molar-refractivity contribution in [3.63, 3.8) is 0 Å². The molecule has 1 saturated heterocycles. The summed E-state index contributed by atoms with van der Waals surface area (Å²) in [7, 11) is -0.558. The summed E-state index contributed by atoms with van der Waals surface area (Å²) in [5.41, 5.74) is 1.10. The van der Waals surface area contributed by atoms with E-state index in [0.29, 0.717) is 6.04 Å². The maximum absolute atomic E-state index is 11.2. The molecule has 84 valence electrons. The van der Waals surface area contributed by atoms with E-state index >= 15 is 0 Å². The average Bonchev–Trinajstić information content (AvgIpc) is 2.64.